The van der Waals surface area contributed by atoms with E-state index in [1.807, 2.05) is 0 Å². The predicted octanol–water partition coefficient (Wildman–Crippen LogP) is 4.05. The molecule has 0 amide bonds. The summed E-state index contributed by atoms with van der Waals surface area (Å²) >= 11 is 5.79. The third-order valence-electron chi connectivity index (χ3n) is 3.65. The van der Waals surface area contributed by atoms with Gasteiger partial charge in [0.25, 0.3) is 0 Å². The van der Waals surface area contributed by atoms with Crippen LogP contribution in [0.25, 0.3) is 0 Å². The van der Waals surface area contributed by atoms with E-state index in [2.05, 4.69) is 36.1 Å². The minimum absolute atomic E-state index is 0.609. The van der Waals surface area contributed by atoms with E-state index in [4.69, 9.17) is 11.6 Å². The first-order valence-electron chi connectivity index (χ1n) is 6.23. The van der Waals surface area contributed by atoms with Crippen molar-refractivity contribution in [1.29, 1.82) is 0 Å². The van der Waals surface area contributed by atoms with E-state index in [1.54, 1.807) is 0 Å². The SMILES string of the molecule is CCC1CCN(c2ccc(CCl)cc2)CC1. The molecule has 0 bridgehead atoms. The highest BCUT2D eigenvalue weighted by Crippen LogP contribution is 2.25. The van der Waals surface area contributed by atoms with Gasteiger partial charge in [0, 0.05) is 24.7 Å². The molecular weight excluding hydrogens is 218 g/mol. The Balaban J connectivity index is 1.97. The lowest BCUT2D eigenvalue weighted by Gasteiger charge is -2.33. The van der Waals surface area contributed by atoms with Crippen molar-refractivity contribution in [1.82, 2.24) is 0 Å². The second-order valence-electron chi connectivity index (χ2n) is 4.64. The van der Waals surface area contributed by atoms with Gasteiger partial charge < -0.3 is 4.90 Å². The maximum Gasteiger partial charge on any atom is 0.0474 e. The molecule has 1 aliphatic rings. The smallest absolute Gasteiger partial charge is 0.0474 e. The van der Waals surface area contributed by atoms with Crippen LogP contribution in [0.15, 0.2) is 24.3 Å². The molecule has 0 atom stereocenters. The van der Waals surface area contributed by atoms with Crippen LogP contribution in [0, 0.1) is 5.92 Å². The Hall–Kier alpha value is -0.690. The van der Waals surface area contributed by atoms with Gasteiger partial charge in [0.05, 0.1) is 0 Å². The van der Waals surface area contributed by atoms with Crippen LogP contribution in [0.3, 0.4) is 0 Å². The fourth-order valence-corrected chi connectivity index (χ4v) is 2.57. The Morgan fingerprint density at radius 1 is 1.19 bits per heavy atom. The minimum Gasteiger partial charge on any atom is -0.372 e. The number of benzene rings is 1. The van der Waals surface area contributed by atoms with Crippen LogP contribution in [0.5, 0.6) is 0 Å². The molecule has 1 saturated heterocycles. The lowest BCUT2D eigenvalue weighted by molar-refractivity contribution is 0.395. The van der Waals surface area contributed by atoms with Crippen molar-refractivity contribution >= 4 is 17.3 Å². The number of rotatable bonds is 3. The predicted molar refractivity (Wildman–Crippen MR) is 71.2 cm³/mol. The second-order valence-corrected chi connectivity index (χ2v) is 4.91. The van der Waals surface area contributed by atoms with Crippen LogP contribution in [0.4, 0.5) is 5.69 Å². The quantitative estimate of drug-likeness (QED) is 0.717. The van der Waals surface area contributed by atoms with Crippen molar-refractivity contribution in [2.75, 3.05) is 18.0 Å². The molecule has 0 N–H and O–H groups in total. The van der Waals surface area contributed by atoms with Crippen molar-refractivity contribution < 1.29 is 0 Å². The zero-order valence-electron chi connectivity index (χ0n) is 9.95. The van der Waals surface area contributed by atoms with E-state index in [0.29, 0.717) is 5.88 Å². The first-order chi connectivity index (χ1) is 7.83. The fourth-order valence-electron chi connectivity index (χ4n) is 2.40. The first-order valence-corrected chi connectivity index (χ1v) is 6.76. The lowest BCUT2D eigenvalue weighted by atomic mass is 9.94. The van der Waals surface area contributed by atoms with E-state index in [1.165, 1.54) is 43.6 Å². The maximum absolute atomic E-state index is 5.79. The highest BCUT2D eigenvalue weighted by Gasteiger charge is 2.17. The van der Waals surface area contributed by atoms with Gasteiger partial charge in [-0.2, -0.15) is 0 Å². The number of piperidine rings is 1. The van der Waals surface area contributed by atoms with Crippen LogP contribution < -0.4 is 4.90 Å². The molecule has 1 heterocycles. The topological polar surface area (TPSA) is 3.24 Å². The largest absolute Gasteiger partial charge is 0.372 e. The third kappa shape index (κ3) is 2.70. The molecule has 0 saturated carbocycles. The van der Waals surface area contributed by atoms with Gasteiger partial charge in [-0.05, 0) is 36.5 Å². The summed E-state index contributed by atoms with van der Waals surface area (Å²) < 4.78 is 0. The third-order valence-corrected chi connectivity index (χ3v) is 3.96. The van der Waals surface area contributed by atoms with Crippen molar-refractivity contribution in [3.05, 3.63) is 29.8 Å². The van der Waals surface area contributed by atoms with Gasteiger partial charge in [0.1, 0.15) is 0 Å². The van der Waals surface area contributed by atoms with Gasteiger partial charge in [-0.3, -0.25) is 0 Å². The molecule has 2 rings (SSSR count). The Labute approximate surface area is 103 Å². The van der Waals surface area contributed by atoms with Crippen LogP contribution in [-0.2, 0) is 5.88 Å². The summed E-state index contributed by atoms with van der Waals surface area (Å²) in [7, 11) is 0. The normalized spacial score (nSPS) is 17.8. The van der Waals surface area contributed by atoms with Gasteiger partial charge in [0.2, 0.25) is 0 Å². The minimum atomic E-state index is 0.609. The second kappa shape index (κ2) is 5.58. The molecule has 1 aromatic rings. The summed E-state index contributed by atoms with van der Waals surface area (Å²) in [5.74, 6) is 1.55. The summed E-state index contributed by atoms with van der Waals surface area (Å²) in [6, 6.07) is 8.66. The molecule has 1 fully saturated rings. The number of hydrogen-bond acceptors (Lipinski definition) is 1. The summed E-state index contributed by atoms with van der Waals surface area (Å²) in [6.45, 7) is 4.72. The van der Waals surface area contributed by atoms with E-state index < -0.39 is 0 Å². The van der Waals surface area contributed by atoms with Crippen LogP contribution in [0.2, 0.25) is 0 Å². The van der Waals surface area contributed by atoms with Crippen molar-refractivity contribution in [2.45, 2.75) is 32.1 Å². The monoisotopic (exact) mass is 237 g/mol. The Morgan fingerprint density at radius 3 is 2.31 bits per heavy atom. The van der Waals surface area contributed by atoms with Crippen molar-refractivity contribution in [3.8, 4) is 0 Å². The molecule has 0 aliphatic carbocycles. The van der Waals surface area contributed by atoms with Gasteiger partial charge in [0.15, 0.2) is 0 Å². The lowest BCUT2D eigenvalue weighted by Crippen LogP contribution is -2.33. The molecule has 0 radical (unpaired) electrons. The molecule has 16 heavy (non-hydrogen) atoms. The van der Waals surface area contributed by atoms with Crippen LogP contribution in [0.1, 0.15) is 31.7 Å². The zero-order valence-corrected chi connectivity index (χ0v) is 10.7. The molecule has 0 aromatic heterocycles. The number of alkyl halides is 1. The molecule has 1 nitrogen and oxygen atoms in total. The van der Waals surface area contributed by atoms with E-state index >= 15 is 0 Å². The number of anilines is 1. The van der Waals surface area contributed by atoms with Gasteiger partial charge in [-0.15, -0.1) is 11.6 Å². The highest BCUT2D eigenvalue weighted by atomic mass is 35.5. The molecule has 2 heteroatoms. The summed E-state index contributed by atoms with van der Waals surface area (Å²) in [5, 5.41) is 0. The van der Waals surface area contributed by atoms with Gasteiger partial charge >= 0.3 is 0 Å². The average molecular weight is 238 g/mol. The molecule has 0 spiro atoms. The van der Waals surface area contributed by atoms with Crippen molar-refractivity contribution in [2.24, 2.45) is 5.92 Å². The number of nitrogens with zero attached hydrogens (tertiary/aromatic N) is 1. The molecule has 88 valence electrons. The summed E-state index contributed by atoms with van der Waals surface area (Å²) in [4.78, 5) is 2.49. The Kier molecular flexibility index (Phi) is 4.11. The van der Waals surface area contributed by atoms with E-state index in [9.17, 15) is 0 Å². The Bertz CT molecular complexity index is 312. The standard InChI is InChI=1S/C14H20ClN/c1-2-12-7-9-16(10-8-12)14-5-3-13(11-15)4-6-14/h3-6,12H,2,7-11H2,1H3. The van der Waals surface area contributed by atoms with Gasteiger partial charge in [-0.1, -0.05) is 25.5 Å². The number of halogens is 1. The van der Waals surface area contributed by atoms with Crippen molar-refractivity contribution in [3.63, 3.8) is 0 Å². The maximum atomic E-state index is 5.79. The highest BCUT2D eigenvalue weighted by molar-refractivity contribution is 6.17. The van der Waals surface area contributed by atoms with Gasteiger partial charge in [-0.25, -0.2) is 0 Å². The first kappa shape index (κ1) is 11.8. The van der Waals surface area contributed by atoms with E-state index in [-0.39, 0.29) is 0 Å². The van der Waals surface area contributed by atoms with Crippen LogP contribution >= 0.6 is 11.6 Å². The number of hydrogen-bond donors (Lipinski definition) is 0. The molecule has 0 unspecified atom stereocenters. The molecule has 1 aromatic carbocycles. The summed E-state index contributed by atoms with van der Waals surface area (Å²) in [5.41, 5.74) is 2.55. The zero-order chi connectivity index (χ0) is 11.4. The molecule has 1 aliphatic heterocycles. The average Bonchev–Trinajstić information content (AvgIpc) is 2.39. The van der Waals surface area contributed by atoms with Crippen LogP contribution in [-0.4, -0.2) is 13.1 Å². The fraction of sp³-hybridized carbons (Fsp3) is 0.571. The Morgan fingerprint density at radius 2 is 1.81 bits per heavy atom. The summed E-state index contributed by atoms with van der Waals surface area (Å²) in [6.07, 6.45) is 4.01. The molecular formula is C14H20ClN. The van der Waals surface area contributed by atoms with E-state index in [0.717, 1.165) is 5.92 Å².